The minimum absolute atomic E-state index is 0.110. The van der Waals surface area contributed by atoms with Crippen LogP contribution in [0.5, 0.6) is 0 Å². The molecule has 1 aliphatic heterocycles. The van der Waals surface area contributed by atoms with E-state index in [2.05, 4.69) is 59.8 Å². The van der Waals surface area contributed by atoms with Crippen molar-refractivity contribution in [2.24, 2.45) is 5.92 Å². The number of thioether (sulfide) groups is 1. The van der Waals surface area contributed by atoms with Gasteiger partial charge in [0.15, 0.2) is 5.50 Å². The van der Waals surface area contributed by atoms with Gasteiger partial charge in [-0.3, -0.25) is 4.79 Å². The summed E-state index contributed by atoms with van der Waals surface area (Å²) in [6, 6.07) is 20.5. The first kappa shape index (κ1) is 24.1. The highest BCUT2D eigenvalue weighted by molar-refractivity contribution is 8.05. The van der Waals surface area contributed by atoms with Gasteiger partial charge in [0.25, 0.3) is 5.91 Å². The van der Waals surface area contributed by atoms with Crippen molar-refractivity contribution in [2.45, 2.75) is 58.0 Å². The minimum Gasteiger partial charge on any atom is -0.356 e. The van der Waals surface area contributed by atoms with Crippen LogP contribution in [-0.2, 0) is 4.79 Å². The molecule has 182 valence electrons. The van der Waals surface area contributed by atoms with Crippen LogP contribution < -0.4 is 5.32 Å². The molecular weight excluding hydrogens is 474 g/mol. The van der Waals surface area contributed by atoms with Crippen molar-refractivity contribution >= 4 is 41.0 Å². The van der Waals surface area contributed by atoms with Crippen LogP contribution in [0.4, 0.5) is 5.69 Å². The first-order chi connectivity index (χ1) is 16.9. The topological polar surface area (TPSA) is 37.3 Å². The fourth-order valence-electron chi connectivity index (χ4n) is 5.43. The van der Waals surface area contributed by atoms with Gasteiger partial charge in [0.1, 0.15) is 0 Å². The number of hydrogen-bond donors (Lipinski definition) is 1. The smallest absolute Gasteiger partial charge is 0.262 e. The maximum Gasteiger partial charge on any atom is 0.262 e. The van der Waals surface area contributed by atoms with Crippen molar-refractivity contribution in [1.82, 2.24) is 9.47 Å². The van der Waals surface area contributed by atoms with E-state index < -0.39 is 0 Å². The molecule has 2 aliphatic rings. The first-order valence-corrected chi connectivity index (χ1v) is 13.7. The maximum absolute atomic E-state index is 13.8. The lowest BCUT2D eigenvalue weighted by Gasteiger charge is -2.39. The number of aryl methyl sites for hydroxylation is 1. The summed E-state index contributed by atoms with van der Waals surface area (Å²) in [5, 5.41) is 4.35. The Morgan fingerprint density at radius 3 is 2.46 bits per heavy atom. The van der Waals surface area contributed by atoms with Crippen LogP contribution in [0.3, 0.4) is 0 Å². The molecule has 2 aromatic carbocycles. The fourth-order valence-corrected chi connectivity index (χ4v) is 6.76. The van der Waals surface area contributed by atoms with Crippen molar-refractivity contribution in [2.75, 3.05) is 5.32 Å². The Balaban J connectivity index is 1.49. The highest BCUT2D eigenvalue weighted by atomic mass is 35.5. The minimum atomic E-state index is -0.110. The maximum atomic E-state index is 13.8. The molecule has 3 atom stereocenters. The van der Waals surface area contributed by atoms with Crippen LogP contribution in [0.2, 0.25) is 5.02 Å². The molecule has 35 heavy (non-hydrogen) atoms. The van der Waals surface area contributed by atoms with Gasteiger partial charge in [-0.2, -0.15) is 0 Å². The third-order valence-corrected chi connectivity index (χ3v) is 8.63. The fraction of sp³-hybridized carbons (Fsp3) is 0.345. The Hall–Kier alpha value is -2.63. The number of carbonyl (C=O) groups excluding carboxylic acids is 1. The van der Waals surface area contributed by atoms with Gasteiger partial charge < -0.3 is 14.8 Å². The third kappa shape index (κ3) is 4.89. The van der Waals surface area contributed by atoms with Crippen LogP contribution in [0, 0.1) is 19.8 Å². The molecule has 0 bridgehead atoms. The molecule has 1 N–H and O–H groups in total. The zero-order valence-electron chi connectivity index (χ0n) is 20.5. The summed E-state index contributed by atoms with van der Waals surface area (Å²) < 4.78 is 2.22. The Morgan fingerprint density at radius 2 is 1.74 bits per heavy atom. The summed E-state index contributed by atoms with van der Waals surface area (Å²) in [5.41, 5.74) is 5.31. The number of para-hydroxylation sites is 1. The van der Waals surface area contributed by atoms with Crippen LogP contribution in [0.15, 0.2) is 65.6 Å². The lowest BCUT2D eigenvalue weighted by Crippen LogP contribution is -2.48. The largest absolute Gasteiger partial charge is 0.356 e. The van der Waals surface area contributed by atoms with Crippen LogP contribution in [0.1, 0.15) is 49.6 Å². The lowest BCUT2D eigenvalue weighted by molar-refractivity contribution is -0.129. The number of benzene rings is 2. The molecule has 2 fully saturated rings. The van der Waals surface area contributed by atoms with Gasteiger partial charge in [-0.15, -0.1) is 0 Å². The van der Waals surface area contributed by atoms with Gasteiger partial charge in [-0.1, -0.05) is 61.3 Å². The molecule has 1 amide bonds. The highest BCUT2D eigenvalue weighted by Gasteiger charge is 2.43. The van der Waals surface area contributed by atoms with Gasteiger partial charge in [0.2, 0.25) is 0 Å². The Morgan fingerprint density at radius 1 is 1.03 bits per heavy atom. The zero-order valence-corrected chi connectivity index (χ0v) is 22.1. The van der Waals surface area contributed by atoms with Crippen LogP contribution in [-0.4, -0.2) is 26.9 Å². The number of hydrogen-bond acceptors (Lipinski definition) is 3. The van der Waals surface area contributed by atoms with Gasteiger partial charge >= 0.3 is 0 Å². The first-order valence-electron chi connectivity index (χ1n) is 12.4. The predicted molar refractivity (Wildman–Crippen MR) is 148 cm³/mol. The van der Waals surface area contributed by atoms with E-state index in [4.69, 9.17) is 11.6 Å². The monoisotopic (exact) mass is 505 g/mol. The Bertz CT molecular complexity index is 1230. The van der Waals surface area contributed by atoms with E-state index in [1.165, 1.54) is 19.3 Å². The molecule has 1 unspecified atom stereocenters. The molecule has 1 saturated carbocycles. The second-order valence-electron chi connectivity index (χ2n) is 9.67. The molecule has 6 heteroatoms. The number of halogens is 1. The number of nitrogens with one attached hydrogen (secondary N) is 1. The Kier molecular flexibility index (Phi) is 6.99. The van der Waals surface area contributed by atoms with E-state index in [9.17, 15) is 4.79 Å². The van der Waals surface area contributed by atoms with Gasteiger partial charge in [0, 0.05) is 33.8 Å². The number of anilines is 1. The average molecular weight is 506 g/mol. The molecule has 1 aromatic heterocycles. The number of amides is 1. The molecule has 0 radical (unpaired) electrons. The molecular formula is C29H32ClN3OS. The summed E-state index contributed by atoms with van der Waals surface area (Å²) in [4.78, 5) is 16.8. The second kappa shape index (κ2) is 10.2. The molecule has 0 spiro atoms. The number of nitrogens with zero attached hydrogens (tertiary/aromatic N) is 2. The third-order valence-electron chi connectivity index (χ3n) is 7.27. The Labute approximate surface area is 217 Å². The highest BCUT2D eigenvalue weighted by Crippen LogP contribution is 2.42. The summed E-state index contributed by atoms with van der Waals surface area (Å²) in [5.74, 6) is 0.640. The van der Waals surface area contributed by atoms with E-state index in [0.717, 1.165) is 44.7 Å². The van der Waals surface area contributed by atoms with Gasteiger partial charge in [-0.05, 0) is 86.7 Å². The summed E-state index contributed by atoms with van der Waals surface area (Å²) in [6.45, 7) is 6.50. The van der Waals surface area contributed by atoms with Crippen molar-refractivity contribution in [1.29, 1.82) is 0 Å². The second-order valence-corrected chi connectivity index (χ2v) is 11.2. The summed E-state index contributed by atoms with van der Waals surface area (Å²) in [6.07, 6.45) is 6.76. The number of carbonyl (C=O) groups is 1. The quantitative estimate of drug-likeness (QED) is 0.362. The number of aromatic nitrogens is 1. The number of rotatable bonds is 5. The average Bonchev–Trinajstić information content (AvgIpc) is 3.30. The summed E-state index contributed by atoms with van der Waals surface area (Å²) >= 11 is 7.74. The molecule has 1 aliphatic carbocycles. The predicted octanol–water partition coefficient (Wildman–Crippen LogP) is 7.64. The van der Waals surface area contributed by atoms with Gasteiger partial charge in [-0.25, -0.2) is 0 Å². The van der Waals surface area contributed by atoms with E-state index in [1.54, 1.807) is 11.8 Å². The van der Waals surface area contributed by atoms with Crippen molar-refractivity contribution in [3.63, 3.8) is 0 Å². The van der Waals surface area contributed by atoms with E-state index in [1.807, 2.05) is 42.5 Å². The van der Waals surface area contributed by atoms with Crippen molar-refractivity contribution in [3.8, 4) is 5.69 Å². The lowest BCUT2D eigenvalue weighted by atomic mass is 9.85. The molecule has 2 heterocycles. The SMILES string of the molecule is Cc1cc(/C=C2\SC(Nc3ccccc3)N([C@@H]3CCCC[C@H]3C)C2=O)c(C)n1-c1ccc(Cl)cc1. The van der Waals surface area contributed by atoms with Gasteiger partial charge in [0.05, 0.1) is 4.91 Å². The van der Waals surface area contributed by atoms with E-state index in [-0.39, 0.29) is 17.4 Å². The van der Waals surface area contributed by atoms with E-state index in [0.29, 0.717) is 5.92 Å². The van der Waals surface area contributed by atoms with Crippen molar-refractivity contribution in [3.05, 3.63) is 87.5 Å². The van der Waals surface area contributed by atoms with Crippen LogP contribution >= 0.6 is 23.4 Å². The van der Waals surface area contributed by atoms with Crippen LogP contribution in [0.25, 0.3) is 11.8 Å². The molecule has 1 saturated heterocycles. The normalized spacial score (nSPS) is 23.8. The molecule has 3 aromatic rings. The molecule has 4 nitrogen and oxygen atoms in total. The van der Waals surface area contributed by atoms with Crippen molar-refractivity contribution < 1.29 is 4.79 Å². The molecule has 5 rings (SSSR count). The van der Waals surface area contributed by atoms with E-state index >= 15 is 0 Å². The standard InChI is InChI=1S/C29H32ClN3OS/c1-19-9-7-8-12-26(19)33-28(34)27(35-29(33)31-24-10-5-4-6-11-24)18-22-17-20(2)32(21(22)3)25-15-13-23(30)14-16-25/h4-6,10-11,13-19,26,29,31H,7-9,12H2,1-3H3/b27-18-/t19-,26-,29?/m1/s1. The zero-order chi connectivity index (χ0) is 24.5. The summed E-state index contributed by atoms with van der Waals surface area (Å²) in [7, 11) is 0.